The maximum atomic E-state index is 2.55. The van der Waals surface area contributed by atoms with E-state index in [0.717, 1.165) is 23.2 Å². The van der Waals surface area contributed by atoms with Gasteiger partial charge in [-0.05, 0) is 61.2 Å². The van der Waals surface area contributed by atoms with E-state index in [2.05, 4.69) is 13.8 Å². The highest BCUT2D eigenvalue weighted by Crippen LogP contribution is 2.64. The highest BCUT2D eigenvalue weighted by molar-refractivity contribution is 5.04. The predicted molar refractivity (Wildman–Crippen MR) is 50.8 cm³/mol. The Balaban J connectivity index is 1.91. The van der Waals surface area contributed by atoms with Crippen LogP contribution in [0.2, 0.25) is 0 Å². The van der Waals surface area contributed by atoms with Gasteiger partial charge in [0.1, 0.15) is 0 Å². The maximum Gasteiger partial charge on any atom is -0.0318 e. The molecule has 0 aromatic rings. The van der Waals surface area contributed by atoms with Crippen molar-refractivity contribution in [2.75, 3.05) is 0 Å². The normalized spacial score (nSPS) is 62.5. The van der Waals surface area contributed by atoms with Gasteiger partial charge in [0.15, 0.2) is 0 Å². The van der Waals surface area contributed by atoms with Gasteiger partial charge in [0.2, 0.25) is 0 Å². The van der Waals surface area contributed by atoms with E-state index in [0.29, 0.717) is 0 Å². The van der Waals surface area contributed by atoms with E-state index < -0.39 is 0 Å². The average Bonchev–Trinajstić information content (AvgIpc) is 2.13. The molecule has 0 radical (unpaired) electrons. The van der Waals surface area contributed by atoms with E-state index >= 15 is 0 Å². The van der Waals surface area contributed by atoms with Crippen LogP contribution in [0.1, 0.15) is 46.0 Å². The molecule has 0 heteroatoms. The Morgan fingerprint density at radius 2 is 1.83 bits per heavy atom. The van der Waals surface area contributed by atoms with E-state index in [1.165, 1.54) is 12.3 Å². The Labute approximate surface area is 75.7 Å². The third kappa shape index (κ3) is 0.843. The van der Waals surface area contributed by atoms with E-state index in [-0.39, 0.29) is 0 Å². The molecule has 0 nitrogen and oxygen atoms in total. The van der Waals surface area contributed by atoms with Gasteiger partial charge in [-0.2, -0.15) is 0 Å². The van der Waals surface area contributed by atoms with Crippen molar-refractivity contribution in [2.24, 2.45) is 29.1 Å². The molecular weight excluding hydrogens is 144 g/mol. The first-order valence-corrected chi connectivity index (χ1v) is 5.66. The van der Waals surface area contributed by atoms with Crippen molar-refractivity contribution in [1.82, 2.24) is 0 Å². The standard InChI is InChI=1S/C12H20/c1-8-3-9-4-10-6-12(2,5-8)7-11(9)10/h8-11H,3-7H2,1-2H3. The lowest BCUT2D eigenvalue weighted by molar-refractivity contribution is 0.0755. The van der Waals surface area contributed by atoms with E-state index in [4.69, 9.17) is 0 Å². The van der Waals surface area contributed by atoms with Crippen molar-refractivity contribution in [3.8, 4) is 0 Å². The number of rotatable bonds is 0. The van der Waals surface area contributed by atoms with Crippen molar-refractivity contribution in [3.63, 3.8) is 0 Å². The SMILES string of the molecule is CC1CC2CC3CC(C)(C1)CC23. The van der Waals surface area contributed by atoms with Crippen LogP contribution < -0.4 is 0 Å². The van der Waals surface area contributed by atoms with Gasteiger partial charge >= 0.3 is 0 Å². The van der Waals surface area contributed by atoms with Gasteiger partial charge in [-0.15, -0.1) is 0 Å². The Morgan fingerprint density at radius 1 is 1.00 bits per heavy atom. The summed E-state index contributed by atoms with van der Waals surface area (Å²) in [5.41, 5.74) is 0.764. The summed E-state index contributed by atoms with van der Waals surface area (Å²) in [7, 11) is 0. The van der Waals surface area contributed by atoms with Crippen LogP contribution in [0.3, 0.4) is 0 Å². The second-order valence-corrected chi connectivity index (χ2v) is 6.18. The summed E-state index contributed by atoms with van der Waals surface area (Å²) in [4.78, 5) is 0. The van der Waals surface area contributed by atoms with Crippen LogP contribution in [-0.2, 0) is 0 Å². The van der Waals surface area contributed by atoms with Gasteiger partial charge in [-0.3, -0.25) is 0 Å². The Hall–Kier alpha value is 0. The minimum absolute atomic E-state index is 0.764. The van der Waals surface area contributed by atoms with Crippen LogP contribution in [0, 0.1) is 29.1 Å². The first-order valence-electron chi connectivity index (χ1n) is 5.66. The molecule has 0 heterocycles. The van der Waals surface area contributed by atoms with Crippen molar-refractivity contribution >= 4 is 0 Å². The van der Waals surface area contributed by atoms with Crippen LogP contribution in [0.25, 0.3) is 0 Å². The topological polar surface area (TPSA) is 0 Å². The van der Waals surface area contributed by atoms with Gasteiger partial charge in [0.05, 0.1) is 0 Å². The molecule has 5 unspecified atom stereocenters. The minimum atomic E-state index is 0.764. The van der Waals surface area contributed by atoms with Gasteiger partial charge < -0.3 is 0 Å². The zero-order chi connectivity index (χ0) is 8.34. The highest BCUT2D eigenvalue weighted by Gasteiger charge is 2.54. The van der Waals surface area contributed by atoms with Crippen LogP contribution >= 0.6 is 0 Å². The summed E-state index contributed by atoms with van der Waals surface area (Å²) in [5, 5.41) is 0. The summed E-state index contributed by atoms with van der Waals surface area (Å²) >= 11 is 0. The van der Waals surface area contributed by atoms with Crippen LogP contribution in [0.15, 0.2) is 0 Å². The van der Waals surface area contributed by atoms with E-state index in [1.54, 1.807) is 25.7 Å². The van der Waals surface area contributed by atoms with Crippen molar-refractivity contribution in [1.29, 1.82) is 0 Å². The molecule has 12 heavy (non-hydrogen) atoms. The summed E-state index contributed by atoms with van der Waals surface area (Å²) in [6, 6.07) is 0. The minimum Gasteiger partial charge on any atom is -0.0625 e. The molecule has 5 atom stereocenters. The molecule has 0 amide bonds. The van der Waals surface area contributed by atoms with E-state index in [1.807, 2.05) is 0 Å². The average molecular weight is 164 g/mol. The first kappa shape index (κ1) is 7.41. The number of hydrogen-bond acceptors (Lipinski definition) is 0. The van der Waals surface area contributed by atoms with E-state index in [9.17, 15) is 0 Å². The lowest BCUT2D eigenvalue weighted by Gasteiger charge is -2.42. The lowest BCUT2D eigenvalue weighted by Crippen LogP contribution is -2.33. The fourth-order valence-corrected chi connectivity index (χ4v) is 4.66. The molecule has 3 aliphatic rings. The van der Waals surface area contributed by atoms with Crippen LogP contribution in [-0.4, -0.2) is 0 Å². The smallest absolute Gasteiger partial charge is 0.0318 e. The molecule has 3 fully saturated rings. The molecule has 0 spiro atoms. The van der Waals surface area contributed by atoms with Gasteiger partial charge in [-0.25, -0.2) is 0 Å². The molecule has 0 aliphatic heterocycles. The summed E-state index contributed by atoms with van der Waals surface area (Å²) in [6.07, 6.45) is 7.81. The Kier molecular flexibility index (Phi) is 1.28. The second-order valence-electron chi connectivity index (χ2n) is 6.18. The third-order valence-corrected chi connectivity index (χ3v) is 4.85. The lowest BCUT2D eigenvalue weighted by atomic mass is 9.63. The molecule has 3 aliphatic carbocycles. The molecule has 0 N–H and O–H groups in total. The van der Waals surface area contributed by atoms with Gasteiger partial charge in [-0.1, -0.05) is 13.8 Å². The van der Waals surface area contributed by atoms with Gasteiger partial charge in [0, 0.05) is 0 Å². The molecule has 3 rings (SSSR count). The van der Waals surface area contributed by atoms with Crippen LogP contribution in [0.5, 0.6) is 0 Å². The molecule has 0 aromatic carbocycles. The number of hydrogen-bond donors (Lipinski definition) is 0. The number of fused-ring (bicyclic) bond motifs is 1. The Morgan fingerprint density at radius 3 is 2.67 bits per heavy atom. The molecule has 3 saturated carbocycles. The quantitative estimate of drug-likeness (QED) is 0.514. The first-order chi connectivity index (χ1) is 5.66. The highest BCUT2D eigenvalue weighted by atomic mass is 14.6. The maximum absolute atomic E-state index is 2.55. The molecular formula is C12H20. The molecule has 0 aromatic heterocycles. The second kappa shape index (κ2) is 2.08. The summed E-state index contributed by atoms with van der Waals surface area (Å²) < 4.78 is 0. The fourth-order valence-electron chi connectivity index (χ4n) is 4.66. The monoisotopic (exact) mass is 164 g/mol. The molecule has 2 bridgehead atoms. The van der Waals surface area contributed by atoms with Crippen molar-refractivity contribution in [3.05, 3.63) is 0 Å². The van der Waals surface area contributed by atoms with Crippen molar-refractivity contribution < 1.29 is 0 Å². The summed E-state index contributed by atoms with van der Waals surface area (Å²) in [6.45, 7) is 5.02. The Bertz CT molecular complexity index is 204. The fraction of sp³-hybridized carbons (Fsp3) is 1.00. The third-order valence-electron chi connectivity index (χ3n) is 4.85. The predicted octanol–water partition coefficient (Wildman–Crippen LogP) is 3.47. The zero-order valence-corrected chi connectivity index (χ0v) is 8.34. The molecule has 0 saturated heterocycles. The zero-order valence-electron chi connectivity index (χ0n) is 8.34. The van der Waals surface area contributed by atoms with Gasteiger partial charge in [0.25, 0.3) is 0 Å². The van der Waals surface area contributed by atoms with Crippen molar-refractivity contribution in [2.45, 2.75) is 46.0 Å². The van der Waals surface area contributed by atoms with Crippen LogP contribution in [0.4, 0.5) is 0 Å². The largest absolute Gasteiger partial charge is 0.0625 e. The molecule has 68 valence electrons. The summed E-state index contributed by atoms with van der Waals surface area (Å²) in [5.74, 6) is 4.49.